The summed E-state index contributed by atoms with van der Waals surface area (Å²) in [5, 5.41) is 12.5. The number of ether oxygens (including phenoxy) is 1. The van der Waals surface area contributed by atoms with Gasteiger partial charge in [0.15, 0.2) is 10.1 Å². The summed E-state index contributed by atoms with van der Waals surface area (Å²) >= 11 is 8.82. The monoisotopic (exact) mass is 391 g/mol. The second-order valence-electron chi connectivity index (χ2n) is 4.93. The van der Waals surface area contributed by atoms with Gasteiger partial charge in [-0.25, -0.2) is 0 Å². The number of Topliss-reactive ketones (excluding diaryl/α,β-unsaturated/α-hetero) is 1. The van der Waals surface area contributed by atoms with Gasteiger partial charge < -0.3 is 10.1 Å². The maximum Gasteiger partial charge on any atom is 0.210 e. The van der Waals surface area contributed by atoms with Crippen molar-refractivity contribution in [3.05, 3.63) is 59.1 Å². The zero-order chi connectivity index (χ0) is 17.6. The highest BCUT2D eigenvalue weighted by atomic mass is 35.5. The minimum atomic E-state index is -0.0256. The molecule has 2 aromatic carbocycles. The maximum absolute atomic E-state index is 12.3. The Hall–Kier alpha value is -2.09. The number of rotatable bonds is 7. The van der Waals surface area contributed by atoms with Crippen LogP contribution in [0.5, 0.6) is 5.75 Å². The molecule has 128 valence electrons. The van der Waals surface area contributed by atoms with Crippen LogP contribution in [0.4, 0.5) is 10.8 Å². The van der Waals surface area contributed by atoms with Crippen LogP contribution in [0, 0.1) is 0 Å². The van der Waals surface area contributed by atoms with E-state index in [1.807, 2.05) is 30.3 Å². The molecule has 3 aromatic rings. The van der Waals surface area contributed by atoms with Crippen LogP contribution in [0.3, 0.4) is 0 Å². The molecule has 5 nitrogen and oxygen atoms in total. The summed E-state index contributed by atoms with van der Waals surface area (Å²) < 4.78 is 5.82. The molecule has 1 aromatic heterocycles. The Kier molecular flexibility index (Phi) is 5.91. The molecule has 1 heterocycles. The van der Waals surface area contributed by atoms with E-state index in [0.717, 1.165) is 10.0 Å². The molecular formula is C17H14ClN3O2S2. The van der Waals surface area contributed by atoms with E-state index < -0.39 is 0 Å². The lowest BCUT2D eigenvalue weighted by Crippen LogP contribution is -2.02. The standard InChI is InChI=1S/C17H14ClN3O2S2/c1-23-15-8-7-11(9-13(15)18)14(22)10-24-17-21-20-16(25-17)19-12-5-3-2-4-6-12/h2-9H,10H2,1H3,(H,19,20). The van der Waals surface area contributed by atoms with Crippen LogP contribution in [0.15, 0.2) is 52.9 Å². The molecular weight excluding hydrogens is 378 g/mol. The van der Waals surface area contributed by atoms with Gasteiger partial charge >= 0.3 is 0 Å². The van der Waals surface area contributed by atoms with Crippen LogP contribution < -0.4 is 10.1 Å². The van der Waals surface area contributed by atoms with E-state index in [9.17, 15) is 4.79 Å². The summed E-state index contributed by atoms with van der Waals surface area (Å²) in [7, 11) is 1.54. The number of para-hydroxylation sites is 1. The molecule has 0 amide bonds. The lowest BCUT2D eigenvalue weighted by atomic mass is 10.1. The predicted molar refractivity (Wildman–Crippen MR) is 103 cm³/mol. The van der Waals surface area contributed by atoms with E-state index in [1.54, 1.807) is 18.2 Å². The van der Waals surface area contributed by atoms with Crippen molar-refractivity contribution in [3.63, 3.8) is 0 Å². The number of benzene rings is 2. The minimum Gasteiger partial charge on any atom is -0.495 e. The lowest BCUT2D eigenvalue weighted by Gasteiger charge is -2.04. The first kappa shape index (κ1) is 17.7. The van der Waals surface area contributed by atoms with Gasteiger partial charge in [0.1, 0.15) is 5.75 Å². The normalized spacial score (nSPS) is 10.5. The fraction of sp³-hybridized carbons (Fsp3) is 0.118. The molecule has 0 aliphatic carbocycles. The zero-order valence-corrected chi connectivity index (χ0v) is 15.6. The van der Waals surface area contributed by atoms with E-state index in [1.165, 1.54) is 30.2 Å². The molecule has 0 bridgehead atoms. The summed E-state index contributed by atoms with van der Waals surface area (Å²) in [4.78, 5) is 12.3. The first-order valence-corrected chi connectivity index (χ1v) is 9.49. The molecule has 0 aliphatic heterocycles. The highest BCUT2D eigenvalue weighted by molar-refractivity contribution is 8.01. The average Bonchev–Trinajstić information content (AvgIpc) is 3.08. The molecule has 0 saturated heterocycles. The van der Waals surface area contributed by atoms with Gasteiger partial charge in [0.2, 0.25) is 5.13 Å². The third kappa shape index (κ3) is 4.72. The number of nitrogens with one attached hydrogen (secondary N) is 1. The number of nitrogens with zero attached hydrogens (tertiary/aromatic N) is 2. The van der Waals surface area contributed by atoms with Crippen LogP contribution in [-0.4, -0.2) is 28.8 Å². The number of aromatic nitrogens is 2. The van der Waals surface area contributed by atoms with Crippen molar-refractivity contribution < 1.29 is 9.53 Å². The van der Waals surface area contributed by atoms with Gasteiger partial charge in [0, 0.05) is 11.3 Å². The fourth-order valence-corrected chi connectivity index (χ4v) is 3.94. The smallest absolute Gasteiger partial charge is 0.210 e. The zero-order valence-electron chi connectivity index (χ0n) is 13.2. The fourth-order valence-electron chi connectivity index (χ4n) is 2.01. The molecule has 3 rings (SSSR count). The predicted octanol–water partition coefficient (Wildman–Crippen LogP) is 4.92. The third-order valence-electron chi connectivity index (χ3n) is 3.23. The van der Waals surface area contributed by atoms with E-state index in [4.69, 9.17) is 16.3 Å². The topological polar surface area (TPSA) is 64.1 Å². The van der Waals surface area contributed by atoms with Gasteiger partial charge in [-0.05, 0) is 30.3 Å². The van der Waals surface area contributed by atoms with Crippen LogP contribution in [0.2, 0.25) is 5.02 Å². The van der Waals surface area contributed by atoms with Crippen molar-refractivity contribution in [3.8, 4) is 5.75 Å². The SMILES string of the molecule is COc1ccc(C(=O)CSc2nnc(Nc3ccccc3)s2)cc1Cl. The van der Waals surface area contributed by atoms with Gasteiger partial charge in [-0.3, -0.25) is 4.79 Å². The first-order valence-electron chi connectivity index (χ1n) is 7.31. The van der Waals surface area contributed by atoms with Crippen LogP contribution in [0.25, 0.3) is 0 Å². The van der Waals surface area contributed by atoms with Gasteiger partial charge in [0.05, 0.1) is 17.9 Å². The summed E-state index contributed by atoms with van der Waals surface area (Å²) in [6, 6.07) is 14.7. The second kappa shape index (κ2) is 8.33. The Balaban J connectivity index is 1.58. The quantitative estimate of drug-likeness (QED) is 0.455. The minimum absolute atomic E-state index is 0.0256. The van der Waals surface area contributed by atoms with Crippen molar-refractivity contribution in [2.45, 2.75) is 4.34 Å². The molecule has 8 heteroatoms. The number of thioether (sulfide) groups is 1. The highest BCUT2D eigenvalue weighted by Gasteiger charge is 2.12. The van der Waals surface area contributed by atoms with Crippen molar-refractivity contribution in [1.82, 2.24) is 10.2 Å². The Bertz CT molecular complexity index is 871. The number of hydrogen-bond donors (Lipinski definition) is 1. The van der Waals surface area contributed by atoms with Gasteiger partial charge in [-0.2, -0.15) is 0 Å². The van der Waals surface area contributed by atoms with Crippen molar-refractivity contribution in [2.75, 3.05) is 18.2 Å². The van der Waals surface area contributed by atoms with Crippen LogP contribution >= 0.6 is 34.7 Å². The molecule has 1 N–H and O–H groups in total. The van der Waals surface area contributed by atoms with Gasteiger partial charge in [0.25, 0.3) is 0 Å². The van der Waals surface area contributed by atoms with E-state index in [-0.39, 0.29) is 11.5 Å². The number of carbonyl (C=O) groups excluding carboxylic acids is 1. The molecule has 0 unspecified atom stereocenters. The molecule has 0 fully saturated rings. The molecule has 25 heavy (non-hydrogen) atoms. The van der Waals surface area contributed by atoms with Gasteiger partial charge in [-0.1, -0.05) is 52.9 Å². The third-order valence-corrected chi connectivity index (χ3v) is 5.50. The Labute approximate surface area is 158 Å². The molecule has 0 atom stereocenters. The van der Waals surface area contributed by atoms with E-state index >= 15 is 0 Å². The first-order chi connectivity index (χ1) is 12.2. The second-order valence-corrected chi connectivity index (χ2v) is 7.53. The largest absolute Gasteiger partial charge is 0.495 e. The lowest BCUT2D eigenvalue weighted by molar-refractivity contribution is 0.102. The molecule has 0 radical (unpaired) electrons. The van der Waals surface area contributed by atoms with Crippen molar-refractivity contribution in [1.29, 1.82) is 0 Å². The number of anilines is 2. The van der Waals surface area contributed by atoms with Crippen molar-refractivity contribution >= 4 is 51.3 Å². The van der Waals surface area contributed by atoms with E-state index in [2.05, 4.69) is 15.5 Å². The summed E-state index contributed by atoms with van der Waals surface area (Å²) in [5.74, 6) is 0.789. The van der Waals surface area contributed by atoms with Crippen LogP contribution in [0.1, 0.15) is 10.4 Å². The number of hydrogen-bond acceptors (Lipinski definition) is 7. The molecule has 0 aliphatic rings. The Morgan fingerprint density at radius 1 is 1.24 bits per heavy atom. The molecule has 0 saturated carbocycles. The maximum atomic E-state index is 12.3. The Morgan fingerprint density at radius 3 is 2.76 bits per heavy atom. The van der Waals surface area contributed by atoms with E-state index in [0.29, 0.717) is 21.5 Å². The summed E-state index contributed by atoms with van der Waals surface area (Å²) in [5.41, 5.74) is 1.49. The molecule has 0 spiro atoms. The number of halogens is 1. The summed E-state index contributed by atoms with van der Waals surface area (Å²) in [6.07, 6.45) is 0. The number of ketones is 1. The van der Waals surface area contributed by atoms with Crippen LogP contribution in [-0.2, 0) is 0 Å². The highest BCUT2D eigenvalue weighted by Crippen LogP contribution is 2.29. The number of carbonyl (C=O) groups is 1. The Morgan fingerprint density at radius 2 is 2.04 bits per heavy atom. The number of methoxy groups -OCH3 is 1. The van der Waals surface area contributed by atoms with Crippen molar-refractivity contribution in [2.24, 2.45) is 0 Å². The summed E-state index contributed by atoms with van der Waals surface area (Å²) in [6.45, 7) is 0. The average molecular weight is 392 g/mol. The van der Waals surface area contributed by atoms with Gasteiger partial charge in [-0.15, -0.1) is 10.2 Å².